The first kappa shape index (κ1) is 23.8. The fraction of sp³-hybridized carbons (Fsp3) is 0.348. The Morgan fingerprint density at radius 2 is 1.38 bits per heavy atom. The molecular weight excluding hydrogens is 430 g/mol. The van der Waals surface area contributed by atoms with Crippen molar-refractivity contribution < 1.29 is 23.0 Å². The Morgan fingerprint density at radius 1 is 0.938 bits per heavy atom. The van der Waals surface area contributed by atoms with Gasteiger partial charge in [0.2, 0.25) is 0 Å². The van der Waals surface area contributed by atoms with Crippen molar-refractivity contribution in [1.82, 2.24) is 14.1 Å². The van der Waals surface area contributed by atoms with E-state index in [1.54, 1.807) is 59.4 Å². The molecule has 0 aliphatic carbocycles. The van der Waals surface area contributed by atoms with Gasteiger partial charge in [0, 0.05) is 26.2 Å². The van der Waals surface area contributed by atoms with Gasteiger partial charge in [0.15, 0.2) is 5.03 Å². The minimum absolute atomic E-state index is 0.112. The van der Waals surface area contributed by atoms with Gasteiger partial charge in [-0.25, -0.2) is 8.42 Å². The molecule has 3 aromatic rings. The summed E-state index contributed by atoms with van der Waals surface area (Å²) in [7, 11) is 0.812. The number of benzene rings is 2. The summed E-state index contributed by atoms with van der Waals surface area (Å²) in [5.41, 5.74) is 0.791. The molecule has 2 aromatic carbocycles. The quantitative estimate of drug-likeness (QED) is 0.529. The Labute approximate surface area is 189 Å². The topological polar surface area (TPSA) is 93.9 Å². The Bertz CT molecular complexity index is 1100. The normalized spacial score (nSPS) is 12.2. The molecule has 0 radical (unpaired) electrons. The van der Waals surface area contributed by atoms with Gasteiger partial charge >= 0.3 is 0 Å². The van der Waals surface area contributed by atoms with Crippen LogP contribution in [0.1, 0.15) is 30.7 Å². The Kier molecular flexibility index (Phi) is 6.92. The summed E-state index contributed by atoms with van der Waals surface area (Å²) in [5.74, 6) is 1.38. The predicted octanol–water partition coefficient (Wildman–Crippen LogP) is 3.06. The lowest BCUT2D eigenvalue weighted by Crippen LogP contribution is -2.30. The van der Waals surface area contributed by atoms with Gasteiger partial charge < -0.3 is 14.6 Å². The zero-order valence-corrected chi connectivity index (χ0v) is 19.8. The van der Waals surface area contributed by atoms with Crippen LogP contribution in [0.25, 0.3) is 0 Å². The minimum atomic E-state index is -3.96. The van der Waals surface area contributed by atoms with Gasteiger partial charge in [-0.1, -0.05) is 24.3 Å². The molecule has 0 bridgehead atoms. The zero-order chi connectivity index (χ0) is 23.5. The van der Waals surface area contributed by atoms with Gasteiger partial charge in [0.25, 0.3) is 10.0 Å². The number of ether oxygens (including phenoxy) is 2. The molecule has 3 rings (SSSR count). The molecule has 0 saturated carbocycles. The number of rotatable bonds is 9. The van der Waals surface area contributed by atoms with E-state index in [-0.39, 0.29) is 18.1 Å². The second-order valence-electron chi connectivity index (χ2n) is 8.02. The van der Waals surface area contributed by atoms with Crippen molar-refractivity contribution in [1.29, 1.82) is 0 Å². The molecule has 0 saturated heterocycles. The van der Waals surface area contributed by atoms with E-state index in [4.69, 9.17) is 9.47 Å². The maximum absolute atomic E-state index is 13.6. The predicted molar refractivity (Wildman–Crippen MR) is 121 cm³/mol. The van der Waals surface area contributed by atoms with Crippen molar-refractivity contribution in [3.63, 3.8) is 0 Å². The van der Waals surface area contributed by atoms with Crippen LogP contribution in [0.3, 0.4) is 0 Å². The summed E-state index contributed by atoms with van der Waals surface area (Å²) in [5, 5.41) is 14.4. The fourth-order valence-electron chi connectivity index (χ4n) is 3.37. The van der Waals surface area contributed by atoms with Crippen LogP contribution in [0.5, 0.6) is 11.5 Å². The third kappa shape index (κ3) is 5.29. The van der Waals surface area contributed by atoms with E-state index in [0.29, 0.717) is 17.2 Å². The summed E-state index contributed by atoms with van der Waals surface area (Å²) in [6.07, 6.45) is 0. The number of hydrogen-bond donors (Lipinski definition) is 1. The van der Waals surface area contributed by atoms with E-state index >= 15 is 0 Å². The first-order valence-electron chi connectivity index (χ1n) is 10.1. The van der Waals surface area contributed by atoms with Gasteiger partial charge in [-0.2, -0.15) is 9.40 Å². The van der Waals surface area contributed by atoms with Crippen molar-refractivity contribution in [3.05, 3.63) is 71.4 Å². The maximum Gasteiger partial charge on any atom is 0.263 e. The highest BCUT2D eigenvalue weighted by atomic mass is 32.2. The number of methoxy groups -OCH3 is 2. The lowest BCUT2D eigenvalue weighted by molar-refractivity contribution is 0.0695. The fourth-order valence-corrected chi connectivity index (χ4v) is 4.76. The van der Waals surface area contributed by atoms with E-state index in [1.807, 2.05) is 24.3 Å². The van der Waals surface area contributed by atoms with Crippen LogP contribution in [-0.4, -0.2) is 41.8 Å². The zero-order valence-electron chi connectivity index (χ0n) is 18.9. The van der Waals surface area contributed by atoms with Crippen LogP contribution in [0.2, 0.25) is 0 Å². The van der Waals surface area contributed by atoms with Crippen molar-refractivity contribution in [2.24, 2.45) is 7.05 Å². The molecule has 0 amide bonds. The molecule has 32 heavy (non-hydrogen) atoms. The highest BCUT2D eigenvalue weighted by molar-refractivity contribution is 7.89. The van der Waals surface area contributed by atoms with Crippen molar-refractivity contribution in [2.45, 2.75) is 37.6 Å². The Morgan fingerprint density at radius 3 is 1.72 bits per heavy atom. The molecule has 1 aromatic heterocycles. The van der Waals surface area contributed by atoms with E-state index in [0.717, 1.165) is 11.1 Å². The number of aliphatic hydroxyl groups is 1. The molecule has 8 nitrogen and oxygen atoms in total. The van der Waals surface area contributed by atoms with Crippen molar-refractivity contribution >= 4 is 10.0 Å². The lowest BCUT2D eigenvalue weighted by atomic mass is 10.1. The van der Waals surface area contributed by atoms with Crippen LogP contribution < -0.4 is 9.47 Å². The monoisotopic (exact) mass is 459 g/mol. The summed E-state index contributed by atoms with van der Waals surface area (Å²) < 4.78 is 40.4. The van der Waals surface area contributed by atoms with Gasteiger partial charge in [-0.3, -0.25) is 4.68 Å². The van der Waals surface area contributed by atoms with Crippen LogP contribution in [0.4, 0.5) is 0 Å². The molecule has 0 aliphatic rings. The first-order chi connectivity index (χ1) is 15.0. The Hall–Kier alpha value is -2.88. The molecule has 0 fully saturated rings. The molecule has 9 heteroatoms. The summed E-state index contributed by atoms with van der Waals surface area (Å²) in [6, 6.07) is 15.9. The lowest BCUT2D eigenvalue weighted by Gasteiger charge is -2.21. The third-order valence-corrected chi connectivity index (χ3v) is 6.79. The minimum Gasteiger partial charge on any atom is -0.497 e. The van der Waals surface area contributed by atoms with E-state index in [2.05, 4.69) is 5.10 Å². The Balaban J connectivity index is 1.99. The first-order valence-corrected chi connectivity index (χ1v) is 11.5. The van der Waals surface area contributed by atoms with Gasteiger partial charge in [0.05, 0.1) is 19.9 Å². The second-order valence-corrected chi connectivity index (χ2v) is 9.90. The highest BCUT2D eigenvalue weighted by Gasteiger charge is 2.31. The number of aryl methyl sites for hydroxylation is 1. The summed E-state index contributed by atoms with van der Waals surface area (Å²) >= 11 is 0. The number of aromatic nitrogens is 2. The highest BCUT2D eigenvalue weighted by Crippen LogP contribution is 2.26. The summed E-state index contributed by atoms with van der Waals surface area (Å²) in [4.78, 5) is 0. The number of nitrogens with zero attached hydrogens (tertiary/aromatic N) is 3. The van der Waals surface area contributed by atoms with Crippen LogP contribution in [-0.2, 0) is 35.8 Å². The molecular formula is C23H29N3O5S. The molecule has 172 valence electrons. The largest absolute Gasteiger partial charge is 0.497 e. The van der Waals surface area contributed by atoms with E-state index in [1.165, 1.54) is 15.1 Å². The van der Waals surface area contributed by atoms with E-state index < -0.39 is 15.6 Å². The molecule has 1 N–H and O–H groups in total. The molecule has 1 heterocycles. The van der Waals surface area contributed by atoms with Crippen LogP contribution in [0.15, 0.2) is 59.6 Å². The van der Waals surface area contributed by atoms with Crippen molar-refractivity contribution in [2.75, 3.05) is 14.2 Å². The van der Waals surface area contributed by atoms with Crippen LogP contribution >= 0.6 is 0 Å². The second kappa shape index (κ2) is 9.32. The molecule has 0 spiro atoms. The third-order valence-electron chi connectivity index (χ3n) is 5.12. The maximum atomic E-state index is 13.6. The summed E-state index contributed by atoms with van der Waals surface area (Å²) in [6.45, 7) is 3.47. The number of hydrogen-bond acceptors (Lipinski definition) is 6. The van der Waals surface area contributed by atoms with E-state index in [9.17, 15) is 13.5 Å². The molecule has 0 atom stereocenters. The molecule has 0 aliphatic heterocycles. The standard InChI is InChI=1S/C23H29N3O5S/c1-23(2,27)21-14-22(24-25(21)3)32(28,29)26(15-17-6-10-19(30-4)11-7-17)16-18-8-12-20(31-5)13-9-18/h6-14,27H,15-16H2,1-5H3. The smallest absolute Gasteiger partial charge is 0.263 e. The average molecular weight is 460 g/mol. The SMILES string of the molecule is COc1ccc(CN(Cc2ccc(OC)cc2)S(=O)(=O)c2cc(C(C)(C)O)n(C)n2)cc1. The van der Waals surface area contributed by atoms with Gasteiger partial charge in [-0.15, -0.1) is 0 Å². The molecule has 0 unspecified atom stereocenters. The van der Waals surface area contributed by atoms with Crippen LogP contribution in [0, 0.1) is 0 Å². The average Bonchev–Trinajstić information content (AvgIpc) is 3.17. The van der Waals surface area contributed by atoms with Gasteiger partial charge in [-0.05, 0) is 49.2 Å². The van der Waals surface area contributed by atoms with Gasteiger partial charge in [0.1, 0.15) is 17.1 Å². The number of sulfonamides is 1. The van der Waals surface area contributed by atoms with Crippen molar-refractivity contribution in [3.8, 4) is 11.5 Å².